The Labute approximate surface area is 96.7 Å². The molecule has 0 unspecified atom stereocenters. The SMILES string of the molecule is Nc1ncc(-c2ccc(O)c(Cl)c2)c(N)n1. The lowest BCUT2D eigenvalue weighted by Gasteiger charge is -2.06. The molecule has 1 aromatic heterocycles. The molecular formula is C10H9ClN4O. The summed E-state index contributed by atoms with van der Waals surface area (Å²) in [5.74, 6) is 0.403. The number of halogens is 1. The van der Waals surface area contributed by atoms with E-state index in [1.54, 1.807) is 12.1 Å². The fourth-order valence-corrected chi connectivity index (χ4v) is 1.49. The van der Waals surface area contributed by atoms with Crippen LogP contribution in [0.15, 0.2) is 24.4 Å². The van der Waals surface area contributed by atoms with E-state index in [-0.39, 0.29) is 22.5 Å². The van der Waals surface area contributed by atoms with Crippen molar-refractivity contribution in [1.82, 2.24) is 9.97 Å². The van der Waals surface area contributed by atoms with E-state index >= 15 is 0 Å². The third kappa shape index (κ3) is 1.85. The lowest BCUT2D eigenvalue weighted by Crippen LogP contribution is -2.00. The number of nitrogens with two attached hydrogens (primary N) is 2. The molecule has 1 aromatic carbocycles. The summed E-state index contributed by atoms with van der Waals surface area (Å²) in [6.07, 6.45) is 1.51. The summed E-state index contributed by atoms with van der Waals surface area (Å²) in [6, 6.07) is 4.74. The Kier molecular flexibility index (Phi) is 2.54. The molecule has 0 aliphatic rings. The maximum Gasteiger partial charge on any atom is 0.221 e. The van der Waals surface area contributed by atoms with Crippen molar-refractivity contribution in [3.05, 3.63) is 29.4 Å². The molecule has 0 atom stereocenters. The van der Waals surface area contributed by atoms with Gasteiger partial charge in [-0.05, 0) is 17.7 Å². The Morgan fingerprint density at radius 3 is 2.62 bits per heavy atom. The van der Waals surface area contributed by atoms with Crippen LogP contribution >= 0.6 is 11.6 Å². The Balaban J connectivity index is 2.54. The maximum absolute atomic E-state index is 9.29. The van der Waals surface area contributed by atoms with E-state index in [4.69, 9.17) is 23.1 Å². The van der Waals surface area contributed by atoms with Crippen LogP contribution in [0.1, 0.15) is 0 Å². The number of aromatic nitrogens is 2. The third-order valence-electron chi connectivity index (χ3n) is 2.10. The molecule has 0 saturated carbocycles. The van der Waals surface area contributed by atoms with Gasteiger partial charge in [0.2, 0.25) is 5.95 Å². The van der Waals surface area contributed by atoms with Gasteiger partial charge in [-0.3, -0.25) is 0 Å². The maximum atomic E-state index is 9.29. The monoisotopic (exact) mass is 236 g/mol. The molecule has 5 N–H and O–H groups in total. The third-order valence-corrected chi connectivity index (χ3v) is 2.40. The molecule has 16 heavy (non-hydrogen) atoms. The van der Waals surface area contributed by atoms with Crippen LogP contribution in [0.4, 0.5) is 11.8 Å². The minimum absolute atomic E-state index is 0.0142. The first-order chi connectivity index (χ1) is 7.58. The molecule has 0 spiro atoms. The van der Waals surface area contributed by atoms with E-state index in [9.17, 15) is 5.11 Å². The minimum Gasteiger partial charge on any atom is -0.506 e. The van der Waals surface area contributed by atoms with Gasteiger partial charge in [-0.1, -0.05) is 17.7 Å². The molecule has 0 aliphatic carbocycles. The predicted octanol–water partition coefficient (Wildman–Crippen LogP) is 1.67. The van der Waals surface area contributed by atoms with Crippen LogP contribution in [0.25, 0.3) is 11.1 Å². The minimum atomic E-state index is 0.0142. The lowest BCUT2D eigenvalue weighted by atomic mass is 10.1. The highest BCUT2D eigenvalue weighted by molar-refractivity contribution is 6.32. The molecule has 0 aliphatic heterocycles. The van der Waals surface area contributed by atoms with Crippen molar-refractivity contribution in [2.24, 2.45) is 0 Å². The molecule has 82 valence electrons. The lowest BCUT2D eigenvalue weighted by molar-refractivity contribution is 0.475. The number of rotatable bonds is 1. The standard InChI is InChI=1S/C10H9ClN4O/c11-7-3-5(1-2-8(7)16)6-4-14-10(13)15-9(6)12/h1-4,16H,(H4,12,13,14,15). The van der Waals surface area contributed by atoms with Gasteiger partial charge in [-0.2, -0.15) is 4.98 Å². The van der Waals surface area contributed by atoms with Crippen molar-refractivity contribution in [1.29, 1.82) is 0 Å². The van der Waals surface area contributed by atoms with Crippen molar-refractivity contribution >= 4 is 23.4 Å². The number of nitrogen functional groups attached to an aromatic ring is 2. The highest BCUT2D eigenvalue weighted by atomic mass is 35.5. The molecule has 0 radical (unpaired) electrons. The summed E-state index contributed by atoms with van der Waals surface area (Å²) >= 11 is 5.79. The summed E-state index contributed by atoms with van der Waals surface area (Å²) in [5, 5.41) is 9.53. The van der Waals surface area contributed by atoms with Crippen LogP contribution in [0.3, 0.4) is 0 Å². The summed E-state index contributed by atoms with van der Waals surface area (Å²) in [4.78, 5) is 7.69. The second-order valence-corrected chi connectivity index (χ2v) is 3.60. The number of aromatic hydroxyl groups is 1. The fraction of sp³-hybridized carbons (Fsp3) is 0. The van der Waals surface area contributed by atoms with Crippen LogP contribution in [0.2, 0.25) is 5.02 Å². The molecular weight excluding hydrogens is 228 g/mol. The van der Waals surface area contributed by atoms with Crippen molar-refractivity contribution in [2.45, 2.75) is 0 Å². The zero-order chi connectivity index (χ0) is 11.7. The smallest absolute Gasteiger partial charge is 0.221 e. The zero-order valence-corrected chi connectivity index (χ0v) is 8.94. The normalized spacial score (nSPS) is 10.3. The second kappa shape index (κ2) is 3.86. The molecule has 1 heterocycles. The van der Waals surface area contributed by atoms with Gasteiger partial charge in [0.1, 0.15) is 11.6 Å². The highest BCUT2D eigenvalue weighted by Crippen LogP contribution is 2.31. The summed E-state index contributed by atoms with van der Waals surface area (Å²) in [6.45, 7) is 0. The van der Waals surface area contributed by atoms with Gasteiger partial charge in [0.25, 0.3) is 0 Å². The number of nitrogens with zero attached hydrogens (tertiary/aromatic N) is 2. The van der Waals surface area contributed by atoms with Gasteiger partial charge in [-0.25, -0.2) is 4.98 Å². The van der Waals surface area contributed by atoms with Gasteiger partial charge in [0.15, 0.2) is 0 Å². The average Bonchev–Trinajstić information content (AvgIpc) is 2.22. The summed E-state index contributed by atoms with van der Waals surface area (Å²) in [7, 11) is 0. The van der Waals surface area contributed by atoms with Gasteiger partial charge in [0.05, 0.1) is 5.02 Å². The van der Waals surface area contributed by atoms with E-state index in [0.717, 1.165) is 5.56 Å². The van der Waals surface area contributed by atoms with Crippen LogP contribution in [0.5, 0.6) is 5.75 Å². The Morgan fingerprint density at radius 2 is 2.00 bits per heavy atom. The van der Waals surface area contributed by atoms with E-state index in [1.807, 2.05) is 0 Å². The Hall–Kier alpha value is -2.01. The predicted molar refractivity (Wildman–Crippen MR) is 63.0 cm³/mol. The first kappa shape index (κ1) is 10.5. The van der Waals surface area contributed by atoms with E-state index in [2.05, 4.69) is 9.97 Å². The van der Waals surface area contributed by atoms with Gasteiger partial charge < -0.3 is 16.6 Å². The topological polar surface area (TPSA) is 98.0 Å². The largest absolute Gasteiger partial charge is 0.506 e. The molecule has 5 nitrogen and oxygen atoms in total. The van der Waals surface area contributed by atoms with Gasteiger partial charge in [-0.15, -0.1) is 0 Å². The average molecular weight is 237 g/mol. The summed E-state index contributed by atoms with van der Waals surface area (Å²) < 4.78 is 0. The van der Waals surface area contributed by atoms with Crippen molar-refractivity contribution in [3.8, 4) is 16.9 Å². The number of phenols is 1. The molecule has 0 bridgehead atoms. The highest BCUT2D eigenvalue weighted by Gasteiger charge is 2.07. The van der Waals surface area contributed by atoms with E-state index in [1.165, 1.54) is 12.3 Å². The van der Waals surface area contributed by atoms with E-state index < -0.39 is 0 Å². The molecule has 2 rings (SSSR count). The number of hydrogen-bond donors (Lipinski definition) is 3. The van der Waals surface area contributed by atoms with Crippen molar-refractivity contribution < 1.29 is 5.11 Å². The zero-order valence-electron chi connectivity index (χ0n) is 8.18. The molecule has 6 heteroatoms. The van der Waals surface area contributed by atoms with Crippen molar-refractivity contribution in [3.63, 3.8) is 0 Å². The fourth-order valence-electron chi connectivity index (χ4n) is 1.31. The first-order valence-electron chi connectivity index (χ1n) is 4.45. The molecule has 0 saturated heterocycles. The Morgan fingerprint density at radius 1 is 1.25 bits per heavy atom. The van der Waals surface area contributed by atoms with Crippen LogP contribution in [-0.4, -0.2) is 15.1 Å². The van der Waals surface area contributed by atoms with Gasteiger partial charge in [0, 0.05) is 11.8 Å². The quantitative estimate of drug-likeness (QED) is 0.700. The molecule has 0 amide bonds. The van der Waals surface area contributed by atoms with Crippen molar-refractivity contribution in [2.75, 3.05) is 11.5 Å². The van der Waals surface area contributed by atoms with E-state index in [0.29, 0.717) is 5.56 Å². The van der Waals surface area contributed by atoms with Crippen LogP contribution in [0, 0.1) is 0 Å². The number of benzene rings is 1. The van der Waals surface area contributed by atoms with Gasteiger partial charge >= 0.3 is 0 Å². The van der Waals surface area contributed by atoms with Crippen LogP contribution < -0.4 is 11.5 Å². The Bertz CT molecular complexity index is 544. The molecule has 0 fully saturated rings. The number of hydrogen-bond acceptors (Lipinski definition) is 5. The number of phenolic OH excluding ortho intramolecular Hbond substituents is 1. The first-order valence-corrected chi connectivity index (χ1v) is 4.82. The summed E-state index contributed by atoms with van der Waals surface area (Å²) in [5.41, 5.74) is 12.4. The number of anilines is 2. The second-order valence-electron chi connectivity index (χ2n) is 3.19. The van der Waals surface area contributed by atoms with Crippen LogP contribution in [-0.2, 0) is 0 Å². The molecule has 2 aromatic rings.